The first kappa shape index (κ1) is 15.9. The van der Waals surface area contributed by atoms with Crippen LogP contribution in [0.3, 0.4) is 0 Å². The minimum Gasteiger partial charge on any atom is -0.352 e. The minimum atomic E-state index is -0.734. The number of hydrogen-bond acceptors (Lipinski definition) is 2. The van der Waals surface area contributed by atoms with E-state index in [0.29, 0.717) is 6.54 Å². The Morgan fingerprint density at radius 1 is 1.24 bits per heavy atom. The molecular formula is C16H22F2N2O. The van der Waals surface area contributed by atoms with Gasteiger partial charge in [0.05, 0.1) is 0 Å². The molecule has 1 saturated heterocycles. The second-order valence-corrected chi connectivity index (χ2v) is 5.79. The molecule has 0 atom stereocenters. The van der Waals surface area contributed by atoms with Gasteiger partial charge in [-0.05, 0) is 56.9 Å². The number of piperidine rings is 1. The van der Waals surface area contributed by atoms with E-state index in [-0.39, 0.29) is 5.56 Å². The number of carbonyl (C=O) groups is 1. The Bertz CT molecular complexity index is 465. The predicted octanol–water partition coefficient (Wildman–Crippen LogP) is 2.82. The van der Waals surface area contributed by atoms with Crippen LogP contribution in [0.2, 0.25) is 0 Å². The van der Waals surface area contributed by atoms with Gasteiger partial charge >= 0.3 is 0 Å². The lowest BCUT2D eigenvalue weighted by Crippen LogP contribution is -2.35. The van der Waals surface area contributed by atoms with Crippen molar-refractivity contribution in [3.8, 4) is 0 Å². The average molecular weight is 296 g/mol. The van der Waals surface area contributed by atoms with Crippen LogP contribution in [-0.4, -0.2) is 37.0 Å². The summed E-state index contributed by atoms with van der Waals surface area (Å²) in [6, 6.07) is 2.85. The molecule has 0 spiro atoms. The van der Waals surface area contributed by atoms with Crippen LogP contribution < -0.4 is 5.32 Å². The predicted molar refractivity (Wildman–Crippen MR) is 78.1 cm³/mol. The van der Waals surface area contributed by atoms with Crippen LogP contribution in [0.25, 0.3) is 0 Å². The fourth-order valence-corrected chi connectivity index (χ4v) is 2.58. The van der Waals surface area contributed by atoms with Gasteiger partial charge in [-0.1, -0.05) is 6.92 Å². The number of hydrogen-bond donors (Lipinski definition) is 1. The molecule has 1 heterocycles. The highest BCUT2D eigenvalue weighted by atomic mass is 19.1. The molecule has 1 aromatic rings. The number of amides is 1. The zero-order valence-corrected chi connectivity index (χ0v) is 12.4. The van der Waals surface area contributed by atoms with Gasteiger partial charge in [0.15, 0.2) is 0 Å². The summed E-state index contributed by atoms with van der Waals surface area (Å²) in [4.78, 5) is 14.2. The third-order valence-corrected chi connectivity index (χ3v) is 3.94. The summed E-state index contributed by atoms with van der Waals surface area (Å²) in [5.74, 6) is -1.09. The van der Waals surface area contributed by atoms with Crippen LogP contribution in [-0.2, 0) is 0 Å². The van der Waals surface area contributed by atoms with Crippen LogP contribution >= 0.6 is 0 Å². The summed E-state index contributed by atoms with van der Waals surface area (Å²) in [7, 11) is 0. The van der Waals surface area contributed by atoms with Crippen molar-refractivity contribution in [2.75, 3.05) is 26.2 Å². The van der Waals surface area contributed by atoms with E-state index in [1.807, 2.05) is 0 Å². The van der Waals surface area contributed by atoms with Gasteiger partial charge in [-0.3, -0.25) is 4.79 Å². The number of rotatable bonds is 5. The summed E-state index contributed by atoms with van der Waals surface area (Å²) in [6.07, 6.45) is 3.31. The van der Waals surface area contributed by atoms with Crippen LogP contribution in [0.15, 0.2) is 18.2 Å². The highest BCUT2D eigenvalue weighted by Crippen LogP contribution is 2.15. The van der Waals surface area contributed by atoms with Gasteiger partial charge in [0.2, 0.25) is 0 Å². The van der Waals surface area contributed by atoms with Gasteiger partial charge in [-0.2, -0.15) is 0 Å². The number of nitrogens with zero attached hydrogens (tertiary/aromatic N) is 1. The normalized spacial score (nSPS) is 16.9. The average Bonchev–Trinajstić information content (AvgIpc) is 2.44. The van der Waals surface area contributed by atoms with Crippen molar-refractivity contribution < 1.29 is 13.6 Å². The Labute approximate surface area is 124 Å². The van der Waals surface area contributed by atoms with Gasteiger partial charge in [0.25, 0.3) is 5.91 Å². The van der Waals surface area contributed by atoms with Gasteiger partial charge < -0.3 is 10.2 Å². The second kappa shape index (κ2) is 7.50. The molecule has 21 heavy (non-hydrogen) atoms. The summed E-state index contributed by atoms with van der Waals surface area (Å²) in [5, 5.41) is 2.70. The Morgan fingerprint density at radius 3 is 2.48 bits per heavy atom. The zero-order valence-electron chi connectivity index (χ0n) is 12.4. The van der Waals surface area contributed by atoms with Crippen molar-refractivity contribution in [1.29, 1.82) is 0 Å². The number of benzene rings is 1. The van der Waals surface area contributed by atoms with Gasteiger partial charge in [0.1, 0.15) is 11.6 Å². The largest absolute Gasteiger partial charge is 0.352 e. The van der Waals surface area contributed by atoms with E-state index in [1.165, 1.54) is 12.8 Å². The molecule has 116 valence electrons. The molecular weight excluding hydrogens is 274 g/mol. The monoisotopic (exact) mass is 296 g/mol. The highest BCUT2D eigenvalue weighted by molar-refractivity contribution is 5.94. The van der Waals surface area contributed by atoms with Gasteiger partial charge in [-0.15, -0.1) is 0 Å². The fourth-order valence-electron chi connectivity index (χ4n) is 2.58. The van der Waals surface area contributed by atoms with E-state index < -0.39 is 17.5 Å². The smallest absolute Gasteiger partial charge is 0.251 e. The summed E-state index contributed by atoms with van der Waals surface area (Å²) >= 11 is 0. The zero-order chi connectivity index (χ0) is 15.2. The van der Waals surface area contributed by atoms with E-state index in [0.717, 1.165) is 50.2 Å². The highest BCUT2D eigenvalue weighted by Gasteiger charge is 2.15. The van der Waals surface area contributed by atoms with Gasteiger partial charge in [0, 0.05) is 18.2 Å². The molecule has 0 radical (unpaired) electrons. The molecule has 0 aromatic heterocycles. The molecule has 1 aliphatic rings. The Hall–Kier alpha value is -1.49. The molecule has 1 N–H and O–H groups in total. The first-order valence-electron chi connectivity index (χ1n) is 7.51. The molecule has 5 heteroatoms. The Morgan fingerprint density at radius 2 is 1.86 bits per heavy atom. The van der Waals surface area contributed by atoms with Crippen LogP contribution in [0.5, 0.6) is 0 Å². The van der Waals surface area contributed by atoms with Crippen molar-refractivity contribution in [1.82, 2.24) is 10.2 Å². The van der Waals surface area contributed by atoms with E-state index in [9.17, 15) is 13.6 Å². The molecule has 3 nitrogen and oxygen atoms in total. The van der Waals surface area contributed by atoms with Crippen molar-refractivity contribution in [2.45, 2.75) is 26.2 Å². The second-order valence-electron chi connectivity index (χ2n) is 5.79. The maximum Gasteiger partial charge on any atom is 0.251 e. The lowest BCUT2D eigenvalue weighted by molar-refractivity contribution is 0.0949. The lowest BCUT2D eigenvalue weighted by atomic mass is 9.99. The van der Waals surface area contributed by atoms with E-state index in [4.69, 9.17) is 0 Å². The Kier molecular flexibility index (Phi) is 5.67. The SMILES string of the molecule is CC1CCN(CCCNC(=O)c2cc(F)cc(F)c2)CC1. The molecule has 1 amide bonds. The molecule has 0 bridgehead atoms. The lowest BCUT2D eigenvalue weighted by Gasteiger charge is -2.30. The third-order valence-electron chi connectivity index (χ3n) is 3.94. The standard InChI is InChI=1S/C16H22F2N2O/c1-12-3-7-20(8-4-12)6-2-5-19-16(21)13-9-14(17)11-15(18)10-13/h9-12H,2-8H2,1H3,(H,19,21). The molecule has 0 unspecified atom stereocenters. The topological polar surface area (TPSA) is 32.3 Å². The molecule has 2 rings (SSSR count). The Balaban J connectivity index is 1.69. The van der Waals surface area contributed by atoms with E-state index in [2.05, 4.69) is 17.1 Å². The van der Waals surface area contributed by atoms with Crippen LogP contribution in [0.1, 0.15) is 36.5 Å². The maximum atomic E-state index is 13.0. The first-order valence-corrected chi connectivity index (χ1v) is 7.51. The third kappa shape index (κ3) is 5.08. The summed E-state index contributed by atoms with van der Waals surface area (Å²) in [5.41, 5.74) is 0.0271. The summed E-state index contributed by atoms with van der Waals surface area (Å²) in [6.45, 7) is 5.97. The van der Waals surface area contributed by atoms with E-state index in [1.54, 1.807) is 0 Å². The molecule has 0 saturated carbocycles. The molecule has 1 aromatic carbocycles. The summed E-state index contributed by atoms with van der Waals surface area (Å²) < 4.78 is 26.0. The van der Waals surface area contributed by atoms with Gasteiger partial charge in [-0.25, -0.2) is 8.78 Å². The number of halogens is 2. The molecule has 1 aliphatic heterocycles. The number of carbonyl (C=O) groups excluding carboxylic acids is 1. The minimum absolute atomic E-state index is 0.0271. The number of likely N-dealkylation sites (tertiary alicyclic amines) is 1. The van der Waals surface area contributed by atoms with Crippen molar-refractivity contribution in [2.24, 2.45) is 5.92 Å². The fraction of sp³-hybridized carbons (Fsp3) is 0.562. The quantitative estimate of drug-likeness (QED) is 0.847. The molecule has 0 aliphatic carbocycles. The van der Waals surface area contributed by atoms with Crippen molar-refractivity contribution in [3.05, 3.63) is 35.4 Å². The molecule has 1 fully saturated rings. The van der Waals surface area contributed by atoms with Crippen molar-refractivity contribution >= 4 is 5.91 Å². The van der Waals surface area contributed by atoms with Crippen molar-refractivity contribution in [3.63, 3.8) is 0 Å². The maximum absolute atomic E-state index is 13.0. The first-order chi connectivity index (χ1) is 10.0. The van der Waals surface area contributed by atoms with Crippen LogP contribution in [0, 0.1) is 17.6 Å². The number of nitrogens with one attached hydrogen (secondary N) is 1. The van der Waals surface area contributed by atoms with Crippen LogP contribution in [0.4, 0.5) is 8.78 Å². The van der Waals surface area contributed by atoms with E-state index >= 15 is 0 Å².